The molecule has 1 aromatic heterocycles. The highest BCUT2D eigenvalue weighted by Crippen LogP contribution is 2.44. The standard InChI is InChI=1S/C18H23N3/c1-11(2)16-12(3)20-17(21-18(16)19-4)15-8-6-5-7-14(15)13-9-10-13/h5-8,11,13H,9-10H2,1-4H3,(H,19,20,21). The lowest BCUT2D eigenvalue weighted by Gasteiger charge is -2.16. The van der Waals surface area contributed by atoms with E-state index < -0.39 is 0 Å². The molecular weight excluding hydrogens is 258 g/mol. The summed E-state index contributed by atoms with van der Waals surface area (Å²) in [6.07, 6.45) is 2.58. The number of rotatable bonds is 4. The van der Waals surface area contributed by atoms with E-state index in [1.807, 2.05) is 7.05 Å². The minimum absolute atomic E-state index is 0.417. The first-order valence-electron chi connectivity index (χ1n) is 7.77. The molecule has 1 aliphatic carbocycles. The van der Waals surface area contributed by atoms with Crippen molar-refractivity contribution in [2.45, 2.75) is 45.4 Å². The lowest BCUT2D eigenvalue weighted by atomic mass is 10.00. The maximum absolute atomic E-state index is 4.79. The Morgan fingerprint density at radius 2 is 1.86 bits per heavy atom. The maximum Gasteiger partial charge on any atom is 0.162 e. The molecule has 0 bridgehead atoms. The average molecular weight is 281 g/mol. The molecule has 0 spiro atoms. The van der Waals surface area contributed by atoms with Crippen molar-refractivity contribution in [2.24, 2.45) is 0 Å². The molecule has 3 nitrogen and oxygen atoms in total. The van der Waals surface area contributed by atoms with Crippen LogP contribution in [0.15, 0.2) is 24.3 Å². The molecule has 0 saturated heterocycles. The Labute approximate surface area is 126 Å². The molecule has 1 N–H and O–H groups in total. The van der Waals surface area contributed by atoms with E-state index >= 15 is 0 Å². The van der Waals surface area contributed by atoms with E-state index in [0.29, 0.717) is 11.8 Å². The van der Waals surface area contributed by atoms with Gasteiger partial charge in [-0.2, -0.15) is 0 Å². The van der Waals surface area contributed by atoms with Gasteiger partial charge >= 0.3 is 0 Å². The third-order valence-electron chi connectivity index (χ3n) is 4.17. The molecule has 1 heterocycles. The van der Waals surface area contributed by atoms with Crippen LogP contribution in [0.25, 0.3) is 11.4 Å². The van der Waals surface area contributed by atoms with E-state index in [0.717, 1.165) is 17.3 Å². The first-order chi connectivity index (χ1) is 10.1. The smallest absolute Gasteiger partial charge is 0.162 e. The Kier molecular flexibility index (Phi) is 3.66. The molecule has 0 atom stereocenters. The zero-order valence-corrected chi connectivity index (χ0v) is 13.3. The summed E-state index contributed by atoms with van der Waals surface area (Å²) < 4.78 is 0. The van der Waals surface area contributed by atoms with Crippen molar-refractivity contribution in [2.75, 3.05) is 12.4 Å². The molecule has 3 heteroatoms. The number of anilines is 1. The van der Waals surface area contributed by atoms with Crippen LogP contribution in [0.1, 0.15) is 55.3 Å². The molecule has 1 saturated carbocycles. The van der Waals surface area contributed by atoms with Crippen molar-refractivity contribution in [1.29, 1.82) is 0 Å². The van der Waals surface area contributed by atoms with Crippen LogP contribution in [-0.2, 0) is 0 Å². The summed E-state index contributed by atoms with van der Waals surface area (Å²) in [7, 11) is 1.93. The SMILES string of the molecule is CNc1nc(-c2ccccc2C2CC2)nc(C)c1C(C)C. The van der Waals surface area contributed by atoms with Crippen LogP contribution in [0, 0.1) is 6.92 Å². The van der Waals surface area contributed by atoms with Crippen molar-refractivity contribution in [3.63, 3.8) is 0 Å². The molecule has 3 rings (SSSR count). The van der Waals surface area contributed by atoms with Gasteiger partial charge in [0.05, 0.1) is 0 Å². The fourth-order valence-corrected chi connectivity index (χ4v) is 3.03. The van der Waals surface area contributed by atoms with Gasteiger partial charge in [0.1, 0.15) is 5.82 Å². The van der Waals surface area contributed by atoms with Gasteiger partial charge in [-0.1, -0.05) is 38.1 Å². The zero-order valence-electron chi connectivity index (χ0n) is 13.3. The Bertz CT molecular complexity index is 658. The van der Waals surface area contributed by atoms with Crippen LogP contribution >= 0.6 is 0 Å². The Morgan fingerprint density at radius 1 is 1.14 bits per heavy atom. The normalized spacial score (nSPS) is 14.5. The van der Waals surface area contributed by atoms with Gasteiger partial charge in [0.25, 0.3) is 0 Å². The first kappa shape index (κ1) is 14.1. The van der Waals surface area contributed by atoms with Gasteiger partial charge in [-0.3, -0.25) is 0 Å². The second-order valence-electron chi connectivity index (χ2n) is 6.16. The maximum atomic E-state index is 4.79. The van der Waals surface area contributed by atoms with Gasteiger partial charge in [0.2, 0.25) is 0 Å². The molecule has 0 unspecified atom stereocenters. The highest BCUT2D eigenvalue weighted by molar-refractivity contribution is 5.65. The Hall–Kier alpha value is -1.90. The summed E-state index contributed by atoms with van der Waals surface area (Å²) in [5.74, 6) is 2.93. The minimum Gasteiger partial charge on any atom is -0.373 e. The quantitative estimate of drug-likeness (QED) is 0.897. The summed E-state index contributed by atoms with van der Waals surface area (Å²) in [5, 5.41) is 3.24. The molecule has 0 amide bonds. The van der Waals surface area contributed by atoms with Gasteiger partial charge in [-0.15, -0.1) is 0 Å². The van der Waals surface area contributed by atoms with E-state index in [4.69, 9.17) is 9.97 Å². The lowest BCUT2D eigenvalue weighted by molar-refractivity contribution is 0.833. The summed E-state index contributed by atoms with van der Waals surface area (Å²) in [6.45, 7) is 6.45. The predicted octanol–water partition coefficient (Wildman–Crippen LogP) is 4.49. The van der Waals surface area contributed by atoms with Gasteiger partial charge in [-0.25, -0.2) is 9.97 Å². The Morgan fingerprint density at radius 3 is 2.48 bits per heavy atom. The molecule has 1 aliphatic rings. The van der Waals surface area contributed by atoms with E-state index in [1.165, 1.54) is 29.5 Å². The van der Waals surface area contributed by atoms with Crippen molar-refractivity contribution in [1.82, 2.24) is 9.97 Å². The molecule has 110 valence electrons. The second-order valence-corrected chi connectivity index (χ2v) is 6.16. The van der Waals surface area contributed by atoms with Crippen LogP contribution < -0.4 is 5.32 Å². The Balaban J connectivity index is 2.13. The van der Waals surface area contributed by atoms with Crippen LogP contribution in [0.3, 0.4) is 0 Å². The highest BCUT2D eigenvalue weighted by atomic mass is 15.0. The van der Waals surface area contributed by atoms with Crippen LogP contribution in [0.5, 0.6) is 0 Å². The number of hydrogen-bond acceptors (Lipinski definition) is 3. The molecule has 2 aromatic rings. The van der Waals surface area contributed by atoms with E-state index in [2.05, 4.69) is 50.4 Å². The molecule has 0 aliphatic heterocycles. The third kappa shape index (κ3) is 2.65. The summed E-state index contributed by atoms with van der Waals surface area (Å²) >= 11 is 0. The average Bonchev–Trinajstić information content (AvgIpc) is 3.30. The van der Waals surface area contributed by atoms with Crippen molar-refractivity contribution >= 4 is 5.82 Å². The predicted molar refractivity (Wildman–Crippen MR) is 87.8 cm³/mol. The fraction of sp³-hybridized carbons (Fsp3) is 0.444. The number of benzene rings is 1. The molecule has 1 fully saturated rings. The number of nitrogens with zero attached hydrogens (tertiary/aromatic N) is 2. The lowest BCUT2D eigenvalue weighted by Crippen LogP contribution is -2.07. The fourth-order valence-electron chi connectivity index (χ4n) is 3.03. The first-order valence-corrected chi connectivity index (χ1v) is 7.77. The highest BCUT2D eigenvalue weighted by Gasteiger charge is 2.27. The van der Waals surface area contributed by atoms with E-state index in [1.54, 1.807) is 0 Å². The topological polar surface area (TPSA) is 37.8 Å². The second kappa shape index (κ2) is 5.47. The van der Waals surface area contributed by atoms with Crippen molar-refractivity contribution in [3.8, 4) is 11.4 Å². The molecular formula is C18H23N3. The number of hydrogen-bond donors (Lipinski definition) is 1. The third-order valence-corrected chi connectivity index (χ3v) is 4.17. The van der Waals surface area contributed by atoms with Crippen molar-refractivity contribution in [3.05, 3.63) is 41.1 Å². The van der Waals surface area contributed by atoms with Crippen LogP contribution in [-0.4, -0.2) is 17.0 Å². The summed E-state index contributed by atoms with van der Waals surface area (Å²) in [4.78, 5) is 9.59. The van der Waals surface area contributed by atoms with E-state index in [9.17, 15) is 0 Å². The molecule has 21 heavy (non-hydrogen) atoms. The minimum atomic E-state index is 0.417. The van der Waals surface area contributed by atoms with Gasteiger partial charge in [0.15, 0.2) is 5.82 Å². The molecule has 0 radical (unpaired) electrons. The summed E-state index contributed by atoms with van der Waals surface area (Å²) in [6, 6.07) is 8.57. The number of aryl methyl sites for hydroxylation is 1. The van der Waals surface area contributed by atoms with Gasteiger partial charge in [0, 0.05) is 23.9 Å². The largest absolute Gasteiger partial charge is 0.373 e. The monoisotopic (exact) mass is 281 g/mol. The summed E-state index contributed by atoms with van der Waals surface area (Å²) in [5.41, 5.74) is 4.88. The molecule has 1 aromatic carbocycles. The number of nitrogens with one attached hydrogen (secondary N) is 1. The van der Waals surface area contributed by atoms with Gasteiger partial charge in [-0.05, 0) is 37.2 Å². The van der Waals surface area contributed by atoms with E-state index in [-0.39, 0.29) is 0 Å². The number of aromatic nitrogens is 2. The van der Waals surface area contributed by atoms with Crippen molar-refractivity contribution < 1.29 is 0 Å². The van der Waals surface area contributed by atoms with Crippen LogP contribution in [0.2, 0.25) is 0 Å². The van der Waals surface area contributed by atoms with Crippen LogP contribution in [0.4, 0.5) is 5.82 Å². The zero-order chi connectivity index (χ0) is 15.0. The van der Waals surface area contributed by atoms with Gasteiger partial charge < -0.3 is 5.32 Å².